The Hall–Kier alpha value is -1.65. The highest BCUT2D eigenvalue weighted by molar-refractivity contribution is 6.61. The first-order valence-electron chi connectivity index (χ1n) is 6.88. The average molecular weight is 267 g/mol. The van der Waals surface area contributed by atoms with Crippen LogP contribution in [0.2, 0.25) is 0 Å². The summed E-state index contributed by atoms with van der Waals surface area (Å²) in [6.45, 7) is 5.74. The molecule has 0 unspecified atom stereocenters. The molecule has 0 saturated carbocycles. The fourth-order valence-electron chi connectivity index (χ4n) is 2.25. The summed E-state index contributed by atoms with van der Waals surface area (Å²) in [5.41, 5.74) is 3.43. The standard InChI is InChI=1S/C16H18BNO2/c1-16(2)11-19-17(20-12-16)15-7-5-13(6-8-15)14-4-3-9-18-10-14/h3-10H,11-12H2,1-2H3. The first-order valence-corrected chi connectivity index (χ1v) is 6.88. The van der Waals surface area contributed by atoms with Crippen LogP contribution in [0.1, 0.15) is 13.8 Å². The maximum atomic E-state index is 5.79. The van der Waals surface area contributed by atoms with Crippen molar-refractivity contribution in [3.8, 4) is 11.1 Å². The summed E-state index contributed by atoms with van der Waals surface area (Å²) in [4.78, 5) is 4.14. The largest absolute Gasteiger partial charge is 0.493 e. The third-order valence-corrected chi connectivity index (χ3v) is 3.43. The molecule has 0 aliphatic carbocycles. The van der Waals surface area contributed by atoms with E-state index in [1.807, 2.05) is 12.3 Å². The number of aromatic nitrogens is 1. The van der Waals surface area contributed by atoms with Crippen molar-refractivity contribution >= 4 is 12.6 Å². The Morgan fingerprint density at radius 1 is 1.00 bits per heavy atom. The third-order valence-electron chi connectivity index (χ3n) is 3.43. The highest BCUT2D eigenvalue weighted by Gasteiger charge is 2.33. The Bertz CT molecular complexity index is 559. The Morgan fingerprint density at radius 3 is 2.30 bits per heavy atom. The van der Waals surface area contributed by atoms with E-state index in [9.17, 15) is 0 Å². The number of hydrogen-bond donors (Lipinski definition) is 0. The molecule has 4 heteroatoms. The molecule has 1 aliphatic rings. The van der Waals surface area contributed by atoms with Crippen molar-refractivity contribution in [1.29, 1.82) is 0 Å². The zero-order chi connectivity index (χ0) is 14.0. The van der Waals surface area contributed by atoms with Gasteiger partial charge in [-0.25, -0.2) is 0 Å². The monoisotopic (exact) mass is 267 g/mol. The molecule has 0 bridgehead atoms. The van der Waals surface area contributed by atoms with E-state index < -0.39 is 0 Å². The molecule has 2 heterocycles. The molecule has 20 heavy (non-hydrogen) atoms. The van der Waals surface area contributed by atoms with Crippen LogP contribution in [0.5, 0.6) is 0 Å². The number of hydrogen-bond acceptors (Lipinski definition) is 3. The van der Waals surface area contributed by atoms with Gasteiger partial charge in [-0.3, -0.25) is 4.98 Å². The summed E-state index contributed by atoms with van der Waals surface area (Å²) in [5.74, 6) is 0. The molecule has 0 radical (unpaired) electrons. The van der Waals surface area contributed by atoms with Crippen LogP contribution in [-0.4, -0.2) is 25.3 Å². The van der Waals surface area contributed by atoms with Gasteiger partial charge in [0.05, 0.1) is 0 Å². The zero-order valence-corrected chi connectivity index (χ0v) is 11.9. The Balaban J connectivity index is 1.74. The molecule has 3 nitrogen and oxygen atoms in total. The predicted octanol–water partition coefficient (Wildman–Crippen LogP) is 2.52. The lowest BCUT2D eigenvalue weighted by Crippen LogP contribution is -2.47. The van der Waals surface area contributed by atoms with Crippen molar-refractivity contribution in [1.82, 2.24) is 4.98 Å². The number of nitrogens with zero attached hydrogens (tertiary/aromatic N) is 1. The number of rotatable bonds is 2. The molecule has 1 aromatic heterocycles. The van der Waals surface area contributed by atoms with Crippen molar-refractivity contribution in [2.45, 2.75) is 13.8 Å². The average Bonchev–Trinajstić information content (AvgIpc) is 2.48. The van der Waals surface area contributed by atoms with E-state index in [2.05, 4.69) is 49.2 Å². The summed E-state index contributed by atoms with van der Waals surface area (Å²) in [6.07, 6.45) is 3.65. The van der Waals surface area contributed by atoms with E-state index in [4.69, 9.17) is 9.31 Å². The molecule has 1 fully saturated rings. The van der Waals surface area contributed by atoms with Crippen LogP contribution >= 0.6 is 0 Å². The molecule has 1 aliphatic heterocycles. The van der Waals surface area contributed by atoms with Gasteiger partial charge in [0.25, 0.3) is 0 Å². The van der Waals surface area contributed by atoms with Crippen molar-refractivity contribution < 1.29 is 9.31 Å². The van der Waals surface area contributed by atoms with E-state index in [1.54, 1.807) is 6.20 Å². The topological polar surface area (TPSA) is 31.4 Å². The molecule has 0 spiro atoms. The second-order valence-corrected chi connectivity index (χ2v) is 5.98. The van der Waals surface area contributed by atoms with E-state index in [1.165, 1.54) is 0 Å². The van der Waals surface area contributed by atoms with Crippen LogP contribution in [-0.2, 0) is 9.31 Å². The van der Waals surface area contributed by atoms with Gasteiger partial charge in [0.15, 0.2) is 0 Å². The fraction of sp³-hybridized carbons (Fsp3) is 0.312. The highest BCUT2D eigenvalue weighted by atomic mass is 16.6. The number of pyridine rings is 1. The fourth-order valence-corrected chi connectivity index (χ4v) is 2.25. The molecule has 0 N–H and O–H groups in total. The summed E-state index contributed by atoms with van der Waals surface area (Å²) in [6, 6.07) is 12.3. The van der Waals surface area contributed by atoms with Crippen LogP contribution in [0.25, 0.3) is 11.1 Å². The van der Waals surface area contributed by atoms with E-state index >= 15 is 0 Å². The minimum Gasteiger partial charge on any atom is -0.407 e. The Kier molecular flexibility index (Phi) is 3.59. The zero-order valence-electron chi connectivity index (χ0n) is 11.9. The lowest BCUT2D eigenvalue weighted by Gasteiger charge is -2.33. The molecule has 102 valence electrons. The van der Waals surface area contributed by atoms with Gasteiger partial charge in [-0.15, -0.1) is 0 Å². The van der Waals surface area contributed by atoms with Crippen molar-refractivity contribution in [2.75, 3.05) is 13.2 Å². The van der Waals surface area contributed by atoms with Crippen LogP contribution < -0.4 is 5.46 Å². The van der Waals surface area contributed by atoms with E-state index in [0.717, 1.165) is 29.8 Å². The Labute approximate surface area is 120 Å². The second-order valence-electron chi connectivity index (χ2n) is 5.98. The summed E-state index contributed by atoms with van der Waals surface area (Å²) in [5, 5.41) is 0. The van der Waals surface area contributed by atoms with E-state index in [0.29, 0.717) is 0 Å². The van der Waals surface area contributed by atoms with Crippen LogP contribution in [0.3, 0.4) is 0 Å². The first-order chi connectivity index (χ1) is 9.64. The number of benzene rings is 1. The minimum atomic E-state index is -0.244. The molecule has 3 rings (SSSR count). The maximum absolute atomic E-state index is 5.79. The summed E-state index contributed by atoms with van der Waals surface area (Å²) < 4.78 is 11.6. The summed E-state index contributed by atoms with van der Waals surface area (Å²) >= 11 is 0. The molecule has 1 aromatic carbocycles. The van der Waals surface area contributed by atoms with Crippen LogP contribution in [0.4, 0.5) is 0 Å². The minimum absolute atomic E-state index is 0.103. The van der Waals surface area contributed by atoms with Gasteiger partial charge < -0.3 is 9.31 Å². The highest BCUT2D eigenvalue weighted by Crippen LogP contribution is 2.22. The van der Waals surface area contributed by atoms with Gasteiger partial charge in [0.2, 0.25) is 0 Å². The normalized spacial score (nSPS) is 18.0. The second kappa shape index (κ2) is 5.39. The van der Waals surface area contributed by atoms with Crippen molar-refractivity contribution in [3.63, 3.8) is 0 Å². The first kappa shape index (κ1) is 13.3. The van der Waals surface area contributed by atoms with Crippen molar-refractivity contribution in [2.24, 2.45) is 5.41 Å². The van der Waals surface area contributed by atoms with Crippen molar-refractivity contribution in [3.05, 3.63) is 48.8 Å². The maximum Gasteiger partial charge on any atom is 0.493 e. The van der Waals surface area contributed by atoms with Gasteiger partial charge in [-0.05, 0) is 22.7 Å². The quantitative estimate of drug-likeness (QED) is 0.783. The lowest BCUT2D eigenvalue weighted by atomic mass is 9.75. The van der Waals surface area contributed by atoms with Gasteiger partial charge in [-0.1, -0.05) is 44.2 Å². The SMILES string of the molecule is CC1(C)COB(c2ccc(-c3cccnc3)cc2)OC1. The van der Waals surface area contributed by atoms with E-state index in [-0.39, 0.29) is 12.5 Å². The Morgan fingerprint density at radius 2 is 1.70 bits per heavy atom. The molecule has 2 aromatic rings. The molecular weight excluding hydrogens is 249 g/mol. The summed E-state index contributed by atoms with van der Waals surface area (Å²) in [7, 11) is -0.244. The molecular formula is C16H18BNO2. The lowest BCUT2D eigenvalue weighted by molar-refractivity contribution is 0.0343. The predicted molar refractivity (Wildman–Crippen MR) is 80.7 cm³/mol. The van der Waals surface area contributed by atoms with Crippen LogP contribution in [0, 0.1) is 5.41 Å². The molecule has 1 saturated heterocycles. The van der Waals surface area contributed by atoms with Gasteiger partial charge in [0.1, 0.15) is 0 Å². The van der Waals surface area contributed by atoms with Gasteiger partial charge in [-0.2, -0.15) is 0 Å². The molecule has 0 atom stereocenters. The van der Waals surface area contributed by atoms with Crippen LogP contribution in [0.15, 0.2) is 48.8 Å². The third kappa shape index (κ3) is 2.92. The smallest absolute Gasteiger partial charge is 0.407 e. The molecule has 0 amide bonds. The van der Waals surface area contributed by atoms with Gasteiger partial charge in [0, 0.05) is 31.0 Å². The van der Waals surface area contributed by atoms with Gasteiger partial charge >= 0.3 is 7.12 Å².